The van der Waals surface area contributed by atoms with Gasteiger partial charge in [-0.05, 0) is 20.4 Å². The van der Waals surface area contributed by atoms with E-state index >= 15 is 0 Å². The molecule has 1 N–H and O–H groups in total. The summed E-state index contributed by atoms with van der Waals surface area (Å²) in [4.78, 5) is 6.62. The first-order chi connectivity index (χ1) is 7.61. The van der Waals surface area contributed by atoms with Crippen LogP contribution in [0, 0.1) is 0 Å². The van der Waals surface area contributed by atoms with Crippen LogP contribution < -0.4 is 0 Å². The number of hydrogen-bond donors (Lipinski definition) is 1. The van der Waals surface area contributed by atoms with Crippen LogP contribution in [-0.4, -0.2) is 41.2 Å². The second kappa shape index (κ2) is 7.22. The van der Waals surface area contributed by atoms with Crippen LogP contribution in [0.3, 0.4) is 0 Å². The Labute approximate surface area is 106 Å². The van der Waals surface area contributed by atoms with E-state index in [4.69, 9.17) is 11.6 Å². The van der Waals surface area contributed by atoms with Gasteiger partial charge in [-0.2, -0.15) is 0 Å². The third-order valence-electron chi connectivity index (χ3n) is 2.37. The molecule has 0 aliphatic carbocycles. The topological polar surface area (TPSA) is 36.4 Å². The molecular weight excluding hydrogens is 244 g/mol. The lowest BCUT2D eigenvalue weighted by Crippen LogP contribution is -2.24. The summed E-state index contributed by atoms with van der Waals surface area (Å²) in [6.07, 6.45) is 1.56. The van der Waals surface area contributed by atoms with Crippen molar-refractivity contribution < 1.29 is 5.11 Å². The van der Waals surface area contributed by atoms with Crippen molar-refractivity contribution in [1.29, 1.82) is 0 Å². The van der Waals surface area contributed by atoms with Crippen molar-refractivity contribution in [2.24, 2.45) is 0 Å². The van der Waals surface area contributed by atoms with Crippen LogP contribution in [-0.2, 0) is 12.3 Å². The third-order valence-corrected chi connectivity index (χ3v) is 3.60. The van der Waals surface area contributed by atoms with Crippen LogP contribution in [0.15, 0.2) is 5.38 Å². The number of thiazole rings is 1. The van der Waals surface area contributed by atoms with Crippen molar-refractivity contribution >= 4 is 22.9 Å². The van der Waals surface area contributed by atoms with E-state index < -0.39 is 0 Å². The van der Waals surface area contributed by atoms with Gasteiger partial charge in [-0.15, -0.1) is 22.9 Å². The maximum atomic E-state index is 9.17. The molecule has 0 amide bonds. The minimum atomic E-state index is -0.217. The van der Waals surface area contributed by atoms with Gasteiger partial charge in [0.25, 0.3) is 0 Å². The smallest absolute Gasteiger partial charge is 0.0941 e. The highest BCUT2D eigenvalue weighted by Gasteiger charge is 2.04. The molecule has 1 rings (SSSR count). The maximum Gasteiger partial charge on any atom is 0.0941 e. The van der Waals surface area contributed by atoms with Crippen LogP contribution in [0.2, 0.25) is 0 Å². The average Bonchev–Trinajstić information content (AvgIpc) is 2.71. The Morgan fingerprint density at radius 3 is 2.88 bits per heavy atom. The van der Waals surface area contributed by atoms with Gasteiger partial charge >= 0.3 is 0 Å². The molecule has 0 aliphatic heterocycles. The number of aliphatic hydroxyl groups excluding tert-OH is 1. The highest BCUT2D eigenvalue weighted by atomic mass is 35.5. The molecule has 0 radical (unpaired) electrons. The summed E-state index contributed by atoms with van der Waals surface area (Å²) in [6, 6.07) is 0. The molecule has 0 spiro atoms. The minimum absolute atomic E-state index is 0.217. The quantitative estimate of drug-likeness (QED) is 0.765. The molecule has 0 aromatic carbocycles. The van der Waals surface area contributed by atoms with E-state index in [1.165, 1.54) is 0 Å². The highest BCUT2D eigenvalue weighted by molar-refractivity contribution is 7.09. The Balaban J connectivity index is 2.23. The van der Waals surface area contributed by atoms with Crippen molar-refractivity contribution in [3.63, 3.8) is 0 Å². The molecule has 1 heterocycles. The summed E-state index contributed by atoms with van der Waals surface area (Å²) >= 11 is 7.36. The third kappa shape index (κ3) is 5.25. The van der Waals surface area contributed by atoms with Gasteiger partial charge in [0.1, 0.15) is 0 Å². The van der Waals surface area contributed by atoms with E-state index in [0.29, 0.717) is 5.88 Å². The number of hydrogen-bond acceptors (Lipinski definition) is 4. The van der Waals surface area contributed by atoms with E-state index in [1.807, 2.05) is 12.3 Å². The van der Waals surface area contributed by atoms with Crippen molar-refractivity contribution in [3.05, 3.63) is 16.1 Å². The zero-order valence-electron chi connectivity index (χ0n) is 9.82. The zero-order chi connectivity index (χ0) is 12.0. The van der Waals surface area contributed by atoms with Gasteiger partial charge < -0.3 is 10.0 Å². The summed E-state index contributed by atoms with van der Waals surface area (Å²) in [5, 5.41) is 12.3. The molecular formula is C11H19ClN2OS. The van der Waals surface area contributed by atoms with E-state index in [0.717, 1.165) is 36.6 Å². The van der Waals surface area contributed by atoms with Gasteiger partial charge in [-0.1, -0.05) is 0 Å². The van der Waals surface area contributed by atoms with Gasteiger partial charge in [0.05, 0.1) is 22.7 Å². The van der Waals surface area contributed by atoms with Gasteiger partial charge in [0, 0.05) is 24.9 Å². The molecule has 1 aromatic rings. The molecule has 0 bridgehead atoms. The Hall–Kier alpha value is -0.160. The number of aromatic nitrogens is 1. The van der Waals surface area contributed by atoms with Gasteiger partial charge in [-0.25, -0.2) is 4.98 Å². The average molecular weight is 263 g/mol. The predicted octanol–water partition coefficient (Wildman–Crippen LogP) is 2.13. The van der Waals surface area contributed by atoms with Crippen LogP contribution in [0.25, 0.3) is 0 Å². The lowest BCUT2D eigenvalue weighted by atomic mass is 10.2. The Kier molecular flexibility index (Phi) is 6.28. The predicted molar refractivity (Wildman–Crippen MR) is 69.2 cm³/mol. The standard InChI is InChI=1S/C11H19ClN2OS/c1-9(15)3-5-14(2)6-4-11-13-10(7-12)8-16-11/h8-9,15H,3-7H2,1-2H3. The normalized spacial score (nSPS) is 13.3. The van der Waals surface area contributed by atoms with Crippen LogP contribution >= 0.6 is 22.9 Å². The van der Waals surface area contributed by atoms with Crippen LogP contribution in [0.4, 0.5) is 0 Å². The van der Waals surface area contributed by atoms with E-state index in [1.54, 1.807) is 11.3 Å². The van der Waals surface area contributed by atoms with E-state index in [2.05, 4.69) is 16.9 Å². The van der Waals surface area contributed by atoms with Crippen molar-refractivity contribution in [2.45, 2.75) is 31.7 Å². The summed E-state index contributed by atoms with van der Waals surface area (Å²) in [5.41, 5.74) is 0.966. The molecule has 0 saturated carbocycles. The first-order valence-corrected chi connectivity index (χ1v) is 6.89. The first kappa shape index (κ1) is 13.9. The molecule has 0 aliphatic rings. The number of rotatable bonds is 7. The summed E-state index contributed by atoms with van der Waals surface area (Å²) in [6.45, 7) is 3.72. The number of aliphatic hydroxyl groups is 1. The lowest BCUT2D eigenvalue weighted by molar-refractivity contribution is 0.165. The van der Waals surface area contributed by atoms with Gasteiger partial charge in [-0.3, -0.25) is 0 Å². The largest absolute Gasteiger partial charge is 0.393 e. The fourth-order valence-electron chi connectivity index (χ4n) is 1.33. The minimum Gasteiger partial charge on any atom is -0.393 e. The fourth-order valence-corrected chi connectivity index (χ4v) is 2.35. The SMILES string of the molecule is CC(O)CCN(C)CCc1nc(CCl)cs1. The molecule has 1 atom stereocenters. The number of alkyl halides is 1. The molecule has 92 valence electrons. The molecule has 1 aromatic heterocycles. The van der Waals surface area contributed by atoms with E-state index in [-0.39, 0.29) is 6.10 Å². The monoisotopic (exact) mass is 262 g/mol. The number of likely N-dealkylation sites (N-methyl/N-ethyl adjacent to an activating group) is 1. The summed E-state index contributed by atoms with van der Waals surface area (Å²) < 4.78 is 0. The Morgan fingerprint density at radius 1 is 1.56 bits per heavy atom. The molecule has 3 nitrogen and oxygen atoms in total. The van der Waals surface area contributed by atoms with Crippen LogP contribution in [0.1, 0.15) is 24.0 Å². The lowest BCUT2D eigenvalue weighted by Gasteiger charge is -2.16. The second-order valence-corrected chi connectivity index (χ2v) is 5.27. The maximum absolute atomic E-state index is 9.17. The van der Waals surface area contributed by atoms with Gasteiger partial charge in [0.15, 0.2) is 0 Å². The highest BCUT2D eigenvalue weighted by Crippen LogP contribution is 2.12. The first-order valence-electron chi connectivity index (χ1n) is 5.47. The Morgan fingerprint density at radius 2 is 2.31 bits per heavy atom. The second-order valence-electron chi connectivity index (χ2n) is 4.06. The fraction of sp³-hybridized carbons (Fsp3) is 0.727. The molecule has 1 unspecified atom stereocenters. The molecule has 16 heavy (non-hydrogen) atoms. The molecule has 5 heteroatoms. The van der Waals surface area contributed by atoms with Crippen molar-refractivity contribution in [1.82, 2.24) is 9.88 Å². The number of halogens is 1. The molecule has 0 fully saturated rings. The summed E-state index contributed by atoms with van der Waals surface area (Å²) in [7, 11) is 2.07. The molecule has 0 saturated heterocycles. The van der Waals surface area contributed by atoms with Crippen LogP contribution in [0.5, 0.6) is 0 Å². The zero-order valence-corrected chi connectivity index (χ0v) is 11.4. The van der Waals surface area contributed by atoms with Gasteiger partial charge in [0.2, 0.25) is 0 Å². The van der Waals surface area contributed by atoms with Crippen molar-refractivity contribution in [3.8, 4) is 0 Å². The Bertz CT molecular complexity index is 304. The van der Waals surface area contributed by atoms with Crippen molar-refractivity contribution in [2.75, 3.05) is 20.1 Å². The number of nitrogens with zero attached hydrogens (tertiary/aromatic N) is 2. The summed E-state index contributed by atoms with van der Waals surface area (Å²) in [5.74, 6) is 0.494. The van der Waals surface area contributed by atoms with E-state index in [9.17, 15) is 5.11 Å².